The highest BCUT2D eigenvalue weighted by Gasteiger charge is 2.10. The molecule has 0 saturated carbocycles. The molecule has 15 heavy (non-hydrogen) atoms. The zero-order chi connectivity index (χ0) is 11.1. The lowest BCUT2D eigenvalue weighted by Gasteiger charge is -2.08. The van der Waals surface area contributed by atoms with Crippen molar-refractivity contribution in [3.8, 4) is 0 Å². The van der Waals surface area contributed by atoms with Crippen LogP contribution in [0.1, 0.15) is 13.3 Å². The van der Waals surface area contributed by atoms with E-state index in [4.69, 9.17) is 4.74 Å². The normalized spacial score (nSPS) is 22.8. The molecule has 1 heterocycles. The topological polar surface area (TPSA) is 21.3 Å². The number of ether oxygens (including phenoxy) is 1. The van der Waals surface area contributed by atoms with Gasteiger partial charge in [-0.1, -0.05) is 19.6 Å². The van der Waals surface area contributed by atoms with Gasteiger partial charge in [0.25, 0.3) is 0 Å². The average molecular weight is 225 g/mol. The van der Waals surface area contributed by atoms with Crippen molar-refractivity contribution in [1.82, 2.24) is 5.32 Å². The molecule has 1 N–H and O–H groups in total. The Kier molecular flexibility index (Phi) is 5.58. The molecule has 0 radical (unpaired) electrons. The quantitative estimate of drug-likeness (QED) is 0.746. The van der Waals surface area contributed by atoms with Crippen LogP contribution < -0.4 is 5.32 Å². The number of rotatable bonds is 3. The lowest BCUT2D eigenvalue weighted by Crippen LogP contribution is -2.17. The van der Waals surface area contributed by atoms with Gasteiger partial charge < -0.3 is 10.1 Å². The Labute approximate surface area is 96.5 Å². The second-order valence-corrected chi connectivity index (χ2v) is 4.48. The Balaban J connectivity index is 2.83. The summed E-state index contributed by atoms with van der Waals surface area (Å²) >= 11 is 1.90. The minimum Gasteiger partial charge on any atom is -0.497 e. The van der Waals surface area contributed by atoms with Gasteiger partial charge in [0.1, 0.15) is 5.76 Å². The minimum atomic E-state index is 0.719. The maximum Gasteiger partial charge on any atom is 0.112 e. The highest BCUT2D eigenvalue weighted by atomic mass is 32.2. The highest BCUT2D eigenvalue weighted by molar-refractivity contribution is 8.03. The van der Waals surface area contributed by atoms with E-state index in [0.717, 1.165) is 31.0 Å². The van der Waals surface area contributed by atoms with Crippen LogP contribution in [-0.4, -0.2) is 26.0 Å². The molecule has 1 saturated heterocycles. The molecule has 0 unspecified atom stereocenters. The van der Waals surface area contributed by atoms with Gasteiger partial charge in [-0.05, 0) is 18.1 Å². The fourth-order valence-corrected chi connectivity index (χ4v) is 2.45. The highest BCUT2D eigenvalue weighted by Crippen LogP contribution is 2.26. The van der Waals surface area contributed by atoms with Crippen molar-refractivity contribution in [3.63, 3.8) is 0 Å². The van der Waals surface area contributed by atoms with E-state index in [1.165, 1.54) is 10.5 Å². The molecule has 84 valence electrons. The molecular formula is C12H19NOS. The molecule has 1 fully saturated rings. The van der Waals surface area contributed by atoms with Crippen LogP contribution in [-0.2, 0) is 4.74 Å². The molecular weight excluding hydrogens is 206 g/mol. The van der Waals surface area contributed by atoms with Crippen LogP contribution in [0.15, 0.2) is 35.0 Å². The molecule has 1 aliphatic heterocycles. The van der Waals surface area contributed by atoms with Gasteiger partial charge in [-0.25, -0.2) is 0 Å². The molecule has 0 aromatic rings. The standard InChI is InChI=1S/C12H19NOS/c1-4-5-12-11(8-10(2)14-3)9-13-6-7-15-12/h5,8,13H,2,4,6-7,9H2,1,3H3/b11-8-,12-5+. The molecule has 0 aromatic carbocycles. The van der Waals surface area contributed by atoms with Crippen LogP contribution in [0.4, 0.5) is 0 Å². The van der Waals surface area contributed by atoms with Crippen LogP contribution in [0.3, 0.4) is 0 Å². The number of methoxy groups -OCH3 is 1. The summed E-state index contributed by atoms with van der Waals surface area (Å²) in [5, 5.41) is 3.39. The summed E-state index contributed by atoms with van der Waals surface area (Å²) in [6.45, 7) is 7.95. The summed E-state index contributed by atoms with van der Waals surface area (Å²) in [6.07, 6.45) is 5.36. The van der Waals surface area contributed by atoms with E-state index in [-0.39, 0.29) is 0 Å². The van der Waals surface area contributed by atoms with Crippen LogP contribution in [0, 0.1) is 0 Å². The van der Waals surface area contributed by atoms with E-state index in [1.807, 2.05) is 17.8 Å². The number of hydrogen-bond donors (Lipinski definition) is 1. The molecule has 1 aliphatic rings. The van der Waals surface area contributed by atoms with Crippen molar-refractivity contribution < 1.29 is 4.74 Å². The number of hydrogen-bond acceptors (Lipinski definition) is 3. The summed E-state index contributed by atoms with van der Waals surface area (Å²) in [4.78, 5) is 1.36. The molecule has 0 amide bonds. The van der Waals surface area contributed by atoms with E-state index < -0.39 is 0 Å². The average Bonchev–Trinajstić information content (AvgIpc) is 2.45. The van der Waals surface area contributed by atoms with E-state index in [2.05, 4.69) is 24.9 Å². The van der Waals surface area contributed by atoms with Gasteiger partial charge in [-0.3, -0.25) is 0 Å². The third kappa shape index (κ3) is 4.14. The van der Waals surface area contributed by atoms with Crippen molar-refractivity contribution >= 4 is 11.8 Å². The molecule has 0 aromatic heterocycles. The third-order valence-corrected chi connectivity index (χ3v) is 3.30. The molecule has 1 rings (SSSR count). The van der Waals surface area contributed by atoms with Gasteiger partial charge in [0.05, 0.1) is 7.11 Å². The van der Waals surface area contributed by atoms with Crippen LogP contribution >= 0.6 is 11.8 Å². The second kappa shape index (κ2) is 6.75. The summed E-state index contributed by atoms with van der Waals surface area (Å²) in [7, 11) is 1.65. The van der Waals surface area contributed by atoms with Crippen molar-refractivity contribution in [2.75, 3.05) is 26.0 Å². The smallest absolute Gasteiger partial charge is 0.112 e. The lowest BCUT2D eigenvalue weighted by molar-refractivity contribution is 0.308. The fraction of sp³-hybridized carbons (Fsp3) is 0.500. The zero-order valence-electron chi connectivity index (χ0n) is 9.51. The fourth-order valence-electron chi connectivity index (χ4n) is 1.39. The first-order chi connectivity index (χ1) is 7.27. The van der Waals surface area contributed by atoms with Crippen molar-refractivity contribution in [3.05, 3.63) is 35.0 Å². The third-order valence-electron chi connectivity index (χ3n) is 2.16. The predicted molar refractivity (Wildman–Crippen MR) is 67.9 cm³/mol. The monoisotopic (exact) mass is 225 g/mol. The first-order valence-corrected chi connectivity index (χ1v) is 6.24. The second-order valence-electron chi connectivity index (χ2n) is 3.34. The minimum absolute atomic E-state index is 0.719. The molecule has 0 spiro atoms. The number of thioether (sulfide) groups is 1. The molecule has 2 nitrogen and oxygen atoms in total. The molecule has 0 bridgehead atoms. The molecule has 0 atom stereocenters. The molecule has 3 heteroatoms. The van der Waals surface area contributed by atoms with Crippen LogP contribution in [0.25, 0.3) is 0 Å². The van der Waals surface area contributed by atoms with Gasteiger partial charge >= 0.3 is 0 Å². The maximum absolute atomic E-state index is 5.09. The maximum atomic E-state index is 5.09. The first kappa shape index (κ1) is 12.4. The van der Waals surface area contributed by atoms with Crippen LogP contribution in [0.2, 0.25) is 0 Å². The summed E-state index contributed by atoms with van der Waals surface area (Å²) in [5.74, 6) is 1.85. The van der Waals surface area contributed by atoms with E-state index in [9.17, 15) is 0 Å². The number of allylic oxidation sites excluding steroid dienone is 2. The van der Waals surface area contributed by atoms with Crippen molar-refractivity contribution in [1.29, 1.82) is 0 Å². The van der Waals surface area contributed by atoms with Gasteiger partial charge in [0.2, 0.25) is 0 Å². The van der Waals surface area contributed by atoms with Gasteiger partial charge in [0.15, 0.2) is 0 Å². The Morgan fingerprint density at radius 1 is 1.67 bits per heavy atom. The Morgan fingerprint density at radius 3 is 3.13 bits per heavy atom. The number of nitrogens with one attached hydrogen (secondary N) is 1. The summed E-state index contributed by atoms with van der Waals surface area (Å²) in [5.41, 5.74) is 1.28. The van der Waals surface area contributed by atoms with Crippen LogP contribution in [0.5, 0.6) is 0 Å². The van der Waals surface area contributed by atoms with Gasteiger partial charge in [-0.2, -0.15) is 0 Å². The largest absolute Gasteiger partial charge is 0.497 e. The summed E-state index contributed by atoms with van der Waals surface area (Å²) in [6, 6.07) is 0. The predicted octanol–water partition coefficient (Wildman–Crippen LogP) is 2.70. The van der Waals surface area contributed by atoms with E-state index in [1.54, 1.807) is 7.11 Å². The lowest BCUT2D eigenvalue weighted by atomic mass is 10.2. The Morgan fingerprint density at radius 2 is 2.47 bits per heavy atom. The van der Waals surface area contributed by atoms with Gasteiger partial charge in [-0.15, -0.1) is 11.8 Å². The van der Waals surface area contributed by atoms with Crippen molar-refractivity contribution in [2.45, 2.75) is 13.3 Å². The van der Waals surface area contributed by atoms with E-state index >= 15 is 0 Å². The zero-order valence-corrected chi connectivity index (χ0v) is 10.3. The Hall–Kier alpha value is -0.670. The SMILES string of the molecule is C=C(/C=C1/CNCCS/C1=C/CC)OC. The molecule has 0 aliphatic carbocycles. The Bertz CT molecular complexity index is 281. The first-order valence-electron chi connectivity index (χ1n) is 5.25. The van der Waals surface area contributed by atoms with Gasteiger partial charge in [0, 0.05) is 23.7 Å². The van der Waals surface area contributed by atoms with E-state index in [0.29, 0.717) is 0 Å². The summed E-state index contributed by atoms with van der Waals surface area (Å²) < 4.78 is 5.09. The van der Waals surface area contributed by atoms with Crippen molar-refractivity contribution in [2.24, 2.45) is 0 Å².